The maximum atomic E-state index is 12.5. The van der Waals surface area contributed by atoms with E-state index < -0.39 is 0 Å². The standard InChI is InChI=1S/C18H14ClN5O2/c1-11(17-22-21-16-8-4-5-9-24(16)17)20-18(25)14-10-15(26-23-14)12-6-2-3-7-13(12)19/h2-11H,1H3,(H,20,25)/t11-/m0/s1. The molecule has 26 heavy (non-hydrogen) atoms. The first-order valence-electron chi connectivity index (χ1n) is 7.95. The lowest BCUT2D eigenvalue weighted by Gasteiger charge is -2.10. The first kappa shape index (κ1) is 16.3. The molecule has 0 aliphatic heterocycles. The highest BCUT2D eigenvalue weighted by molar-refractivity contribution is 6.33. The molecule has 7 nitrogen and oxygen atoms in total. The molecule has 1 atom stereocenters. The maximum Gasteiger partial charge on any atom is 0.274 e. The Hall–Kier alpha value is -3.19. The predicted octanol–water partition coefficient (Wildman–Crippen LogP) is 3.53. The van der Waals surface area contributed by atoms with Gasteiger partial charge in [-0.15, -0.1) is 10.2 Å². The molecule has 1 N–H and O–H groups in total. The van der Waals surface area contributed by atoms with Gasteiger partial charge in [-0.1, -0.05) is 35.0 Å². The molecular weight excluding hydrogens is 354 g/mol. The number of pyridine rings is 1. The van der Waals surface area contributed by atoms with Crippen molar-refractivity contribution in [1.82, 2.24) is 25.1 Å². The third kappa shape index (κ3) is 2.93. The molecule has 0 spiro atoms. The van der Waals surface area contributed by atoms with E-state index in [1.807, 2.05) is 47.9 Å². The summed E-state index contributed by atoms with van der Waals surface area (Å²) in [6.07, 6.45) is 1.85. The largest absolute Gasteiger partial charge is 0.355 e. The minimum atomic E-state index is -0.368. The van der Waals surface area contributed by atoms with Gasteiger partial charge in [-0.05, 0) is 31.2 Å². The van der Waals surface area contributed by atoms with E-state index >= 15 is 0 Å². The molecule has 0 saturated carbocycles. The monoisotopic (exact) mass is 367 g/mol. The molecule has 0 fully saturated rings. The number of amides is 1. The van der Waals surface area contributed by atoms with E-state index in [1.165, 1.54) is 0 Å². The fourth-order valence-electron chi connectivity index (χ4n) is 2.66. The van der Waals surface area contributed by atoms with E-state index in [2.05, 4.69) is 20.7 Å². The van der Waals surface area contributed by atoms with Crippen molar-refractivity contribution in [3.63, 3.8) is 0 Å². The van der Waals surface area contributed by atoms with Crippen LogP contribution in [0.4, 0.5) is 0 Å². The Labute approximate surface area is 153 Å². The third-order valence-corrected chi connectivity index (χ3v) is 4.29. The van der Waals surface area contributed by atoms with Gasteiger partial charge in [-0.25, -0.2) is 0 Å². The van der Waals surface area contributed by atoms with Crippen molar-refractivity contribution in [3.05, 3.63) is 71.3 Å². The molecule has 0 saturated heterocycles. The first-order chi connectivity index (χ1) is 12.6. The fourth-order valence-corrected chi connectivity index (χ4v) is 2.89. The Morgan fingerprint density at radius 2 is 2.00 bits per heavy atom. The number of benzene rings is 1. The second kappa shape index (κ2) is 6.61. The van der Waals surface area contributed by atoms with Crippen LogP contribution in [0.25, 0.3) is 17.0 Å². The molecule has 0 aliphatic carbocycles. The third-order valence-electron chi connectivity index (χ3n) is 3.96. The summed E-state index contributed by atoms with van der Waals surface area (Å²) >= 11 is 6.15. The summed E-state index contributed by atoms with van der Waals surface area (Å²) in [7, 11) is 0. The highest BCUT2D eigenvalue weighted by Crippen LogP contribution is 2.28. The number of hydrogen-bond acceptors (Lipinski definition) is 5. The van der Waals surface area contributed by atoms with E-state index in [-0.39, 0.29) is 17.6 Å². The number of hydrogen-bond donors (Lipinski definition) is 1. The summed E-state index contributed by atoms with van der Waals surface area (Å²) in [5.74, 6) is 0.692. The van der Waals surface area contributed by atoms with Gasteiger partial charge >= 0.3 is 0 Å². The molecule has 4 rings (SSSR count). The van der Waals surface area contributed by atoms with E-state index in [9.17, 15) is 4.79 Å². The molecule has 1 amide bonds. The topological polar surface area (TPSA) is 85.3 Å². The van der Waals surface area contributed by atoms with Crippen LogP contribution in [0.5, 0.6) is 0 Å². The van der Waals surface area contributed by atoms with Gasteiger partial charge < -0.3 is 9.84 Å². The molecule has 0 radical (unpaired) electrons. The smallest absolute Gasteiger partial charge is 0.274 e. The van der Waals surface area contributed by atoms with Gasteiger partial charge in [-0.3, -0.25) is 9.20 Å². The van der Waals surface area contributed by atoms with Crippen LogP contribution in [0.15, 0.2) is 59.3 Å². The first-order valence-corrected chi connectivity index (χ1v) is 8.33. The Bertz CT molecular complexity index is 1090. The number of rotatable bonds is 4. The maximum absolute atomic E-state index is 12.5. The highest BCUT2D eigenvalue weighted by atomic mass is 35.5. The molecule has 3 aromatic heterocycles. The van der Waals surface area contributed by atoms with Gasteiger partial charge in [0.2, 0.25) is 0 Å². The fraction of sp³-hybridized carbons (Fsp3) is 0.111. The van der Waals surface area contributed by atoms with Gasteiger partial charge in [0, 0.05) is 17.8 Å². The number of fused-ring (bicyclic) bond motifs is 1. The Morgan fingerprint density at radius 1 is 1.19 bits per heavy atom. The molecule has 4 aromatic rings. The van der Waals surface area contributed by atoms with Crippen LogP contribution < -0.4 is 5.32 Å². The van der Waals surface area contributed by atoms with Gasteiger partial charge in [0.1, 0.15) is 0 Å². The van der Waals surface area contributed by atoms with Crippen LogP contribution in [0.2, 0.25) is 5.02 Å². The summed E-state index contributed by atoms with van der Waals surface area (Å²) < 4.78 is 7.09. The number of carbonyl (C=O) groups excluding carboxylic acids is 1. The second-order valence-electron chi connectivity index (χ2n) is 5.74. The Kier molecular flexibility index (Phi) is 4.14. The van der Waals surface area contributed by atoms with Crippen molar-refractivity contribution in [3.8, 4) is 11.3 Å². The molecule has 0 aliphatic rings. The minimum absolute atomic E-state index is 0.167. The number of halogens is 1. The summed E-state index contributed by atoms with van der Waals surface area (Å²) in [5.41, 5.74) is 1.56. The Balaban J connectivity index is 1.54. The molecule has 0 bridgehead atoms. The van der Waals surface area contributed by atoms with Crippen LogP contribution in [-0.2, 0) is 0 Å². The molecule has 130 valence electrons. The van der Waals surface area contributed by atoms with Gasteiger partial charge in [0.05, 0.1) is 11.1 Å². The molecule has 0 unspecified atom stereocenters. The predicted molar refractivity (Wildman–Crippen MR) is 95.8 cm³/mol. The van der Waals surface area contributed by atoms with Gasteiger partial charge in [0.15, 0.2) is 22.9 Å². The molecule has 3 heterocycles. The summed E-state index contributed by atoms with van der Waals surface area (Å²) in [6, 6.07) is 14.0. The zero-order chi connectivity index (χ0) is 18.1. The van der Waals surface area contributed by atoms with Crippen molar-refractivity contribution in [2.45, 2.75) is 13.0 Å². The van der Waals surface area contributed by atoms with Gasteiger partial charge in [-0.2, -0.15) is 0 Å². The highest BCUT2D eigenvalue weighted by Gasteiger charge is 2.20. The Morgan fingerprint density at radius 3 is 2.85 bits per heavy atom. The zero-order valence-corrected chi connectivity index (χ0v) is 14.5. The summed E-state index contributed by atoms with van der Waals surface area (Å²) in [4.78, 5) is 12.5. The van der Waals surface area contributed by atoms with E-state index in [0.717, 1.165) is 0 Å². The van der Waals surface area contributed by atoms with Crippen LogP contribution in [-0.4, -0.2) is 25.7 Å². The quantitative estimate of drug-likeness (QED) is 0.596. The van der Waals surface area contributed by atoms with Crippen molar-refractivity contribution in [1.29, 1.82) is 0 Å². The average Bonchev–Trinajstić information content (AvgIpc) is 3.29. The van der Waals surface area contributed by atoms with E-state index in [4.69, 9.17) is 16.1 Å². The second-order valence-corrected chi connectivity index (χ2v) is 6.15. The number of nitrogens with one attached hydrogen (secondary N) is 1. The van der Waals surface area contributed by atoms with Crippen molar-refractivity contribution >= 4 is 23.2 Å². The number of nitrogens with zero attached hydrogens (tertiary/aromatic N) is 4. The van der Waals surface area contributed by atoms with Gasteiger partial charge in [0.25, 0.3) is 5.91 Å². The summed E-state index contributed by atoms with van der Waals surface area (Å²) in [6.45, 7) is 1.83. The average molecular weight is 368 g/mol. The van der Waals surface area contributed by atoms with E-state index in [0.29, 0.717) is 27.8 Å². The minimum Gasteiger partial charge on any atom is -0.355 e. The number of aromatic nitrogens is 4. The van der Waals surface area contributed by atoms with Crippen LogP contribution >= 0.6 is 11.6 Å². The number of carbonyl (C=O) groups is 1. The molecular formula is C18H14ClN5O2. The lowest BCUT2D eigenvalue weighted by Crippen LogP contribution is -2.28. The lowest BCUT2D eigenvalue weighted by molar-refractivity contribution is 0.0929. The zero-order valence-electron chi connectivity index (χ0n) is 13.8. The normalized spacial score (nSPS) is 12.2. The lowest BCUT2D eigenvalue weighted by atomic mass is 10.1. The SMILES string of the molecule is C[C@H](NC(=O)c1cc(-c2ccccc2Cl)on1)c1nnc2ccccn12. The van der Waals surface area contributed by atoms with Crippen molar-refractivity contribution in [2.75, 3.05) is 0 Å². The molecule has 1 aromatic carbocycles. The van der Waals surface area contributed by atoms with Crippen LogP contribution in [0.1, 0.15) is 29.3 Å². The van der Waals surface area contributed by atoms with Crippen molar-refractivity contribution < 1.29 is 9.32 Å². The van der Waals surface area contributed by atoms with Crippen LogP contribution in [0.3, 0.4) is 0 Å². The van der Waals surface area contributed by atoms with Crippen molar-refractivity contribution in [2.24, 2.45) is 0 Å². The molecule has 8 heteroatoms. The summed E-state index contributed by atoms with van der Waals surface area (Å²) in [5, 5.41) is 15.5. The van der Waals surface area contributed by atoms with Crippen LogP contribution in [0, 0.1) is 0 Å². The van der Waals surface area contributed by atoms with E-state index in [1.54, 1.807) is 18.2 Å².